The number of carbonyl (C=O) groups excluding carboxylic acids is 1. The third-order valence-electron chi connectivity index (χ3n) is 3.92. The number of hydrogen-bond donors (Lipinski definition) is 4. The summed E-state index contributed by atoms with van der Waals surface area (Å²) in [6, 6.07) is 2.92. The van der Waals surface area contributed by atoms with Crippen molar-refractivity contribution in [2.45, 2.75) is 6.18 Å². The van der Waals surface area contributed by atoms with Gasteiger partial charge >= 0.3 is 30.1 Å². The van der Waals surface area contributed by atoms with E-state index in [-0.39, 0.29) is 0 Å². The second-order valence-electron chi connectivity index (χ2n) is 5.72. The number of rotatable bonds is 6. The Hall–Kier alpha value is -4.22. The maximum atomic E-state index is 13.6. The molecule has 9 nitrogen and oxygen atoms in total. The highest BCUT2D eigenvalue weighted by atomic mass is 19.4. The number of alkyl halides is 3. The van der Waals surface area contributed by atoms with Gasteiger partial charge in [0.15, 0.2) is 5.78 Å². The summed E-state index contributed by atoms with van der Waals surface area (Å²) >= 11 is 0. The Labute approximate surface area is 163 Å². The first-order chi connectivity index (χ1) is 13.8. The van der Waals surface area contributed by atoms with Crippen LogP contribution < -0.4 is 0 Å². The lowest BCUT2D eigenvalue weighted by atomic mass is 9.90. The van der Waals surface area contributed by atoms with Crippen molar-refractivity contribution in [2.24, 2.45) is 0 Å². The molecule has 2 aromatic rings. The summed E-state index contributed by atoms with van der Waals surface area (Å²) in [5.74, 6) is -9.15. The maximum absolute atomic E-state index is 13.6. The quantitative estimate of drug-likeness (QED) is 0.508. The van der Waals surface area contributed by atoms with Gasteiger partial charge in [0.05, 0.1) is 27.8 Å². The van der Waals surface area contributed by atoms with Gasteiger partial charge in [0.25, 0.3) is 0 Å². The number of carbonyl (C=O) groups is 5. The summed E-state index contributed by atoms with van der Waals surface area (Å²) in [4.78, 5) is 57.4. The van der Waals surface area contributed by atoms with E-state index >= 15 is 0 Å². The molecule has 4 N–H and O–H groups in total. The van der Waals surface area contributed by atoms with Gasteiger partial charge in [0, 0.05) is 11.1 Å². The minimum Gasteiger partial charge on any atom is -0.478 e. The Morgan fingerprint density at radius 3 is 1.53 bits per heavy atom. The molecule has 0 saturated heterocycles. The molecule has 0 spiro atoms. The highest BCUT2D eigenvalue weighted by Gasteiger charge is 2.42. The van der Waals surface area contributed by atoms with Crippen molar-refractivity contribution >= 4 is 29.7 Å². The number of aromatic carboxylic acids is 4. The van der Waals surface area contributed by atoms with E-state index in [0.717, 1.165) is 6.07 Å². The second kappa shape index (κ2) is 7.66. The molecule has 0 fully saturated rings. The molecule has 0 amide bonds. The van der Waals surface area contributed by atoms with Crippen LogP contribution in [0.25, 0.3) is 0 Å². The third kappa shape index (κ3) is 3.97. The molecular formula is C18H9F3O9. The van der Waals surface area contributed by atoms with Gasteiger partial charge in [0.2, 0.25) is 0 Å². The third-order valence-corrected chi connectivity index (χ3v) is 3.92. The Morgan fingerprint density at radius 2 is 1.10 bits per heavy atom. The molecule has 0 aliphatic carbocycles. The zero-order valence-corrected chi connectivity index (χ0v) is 14.4. The summed E-state index contributed by atoms with van der Waals surface area (Å²) in [6.07, 6.45) is -5.46. The van der Waals surface area contributed by atoms with Crippen molar-refractivity contribution in [3.8, 4) is 0 Å². The Bertz CT molecular complexity index is 1120. The number of benzene rings is 2. The van der Waals surface area contributed by atoms with Gasteiger partial charge in [-0.3, -0.25) is 4.79 Å². The smallest absolute Gasteiger partial charge is 0.417 e. The minimum atomic E-state index is -5.46. The van der Waals surface area contributed by atoms with Gasteiger partial charge in [-0.15, -0.1) is 0 Å². The Morgan fingerprint density at radius 1 is 0.633 bits per heavy atom. The molecule has 0 aliphatic rings. The molecule has 0 aromatic heterocycles. The average Bonchev–Trinajstić information content (AvgIpc) is 2.64. The van der Waals surface area contributed by atoms with E-state index in [1.54, 1.807) is 0 Å². The summed E-state index contributed by atoms with van der Waals surface area (Å²) in [7, 11) is 0. The molecule has 12 heteroatoms. The van der Waals surface area contributed by atoms with Crippen LogP contribution in [-0.4, -0.2) is 50.1 Å². The standard InChI is InChI=1S/C18H9F3O9/c19-18(20,21)12-9(4-3-8(15(25)26)11(12)17(29)30)13(22)6-1-2-7(14(23)24)10(5-6)16(27)28/h1-5H,(H,23,24)(H,25,26)(H,27,28)(H,29,30). The molecule has 156 valence electrons. The fourth-order valence-electron chi connectivity index (χ4n) is 2.69. The lowest BCUT2D eigenvalue weighted by Gasteiger charge is -2.17. The molecule has 2 rings (SSSR count). The zero-order valence-electron chi connectivity index (χ0n) is 14.4. The monoisotopic (exact) mass is 426 g/mol. The molecule has 0 atom stereocenters. The van der Waals surface area contributed by atoms with Crippen LogP contribution in [0.15, 0.2) is 30.3 Å². The molecule has 30 heavy (non-hydrogen) atoms. The molecule has 0 radical (unpaired) electrons. The number of ketones is 1. The van der Waals surface area contributed by atoms with E-state index in [1.165, 1.54) is 0 Å². The highest BCUT2D eigenvalue weighted by Crippen LogP contribution is 2.37. The number of carboxylic acids is 4. The minimum absolute atomic E-state index is 0.451. The summed E-state index contributed by atoms with van der Waals surface area (Å²) < 4.78 is 40.8. The van der Waals surface area contributed by atoms with Crippen LogP contribution >= 0.6 is 0 Å². The lowest BCUT2D eigenvalue weighted by molar-refractivity contribution is -0.138. The largest absolute Gasteiger partial charge is 0.478 e. The SMILES string of the molecule is O=C(O)c1ccc(C(=O)c2ccc(C(=O)O)c(C(=O)O)c2C(F)(F)F)cc1C(=O)O. The van der Waals surface area contributed by atoms with E-state index in [9.17, 15) is 37.1 Å². The maximum Gasteiger partial charge on any atom is 0.417 e. The van der Waals surface area contributed by atoms with Gasteiger partial charge in [-0.2, -0.15) is 13.2 Å². The predicted molar refractivity (Wildman–Crippen MR) is 89.2 cm³/mol. The van der Waals surface area contributed by atoms with Crippen LogP contribution in [-0.2, 0) is 6.18 Å². The van der Waals surface area contributed by atoms with Crippen LogP contribution in [0, 0.1) is 0 Å². The van der Waals surface area contributed by atoms with E-state index in [0.29, 0.717) is 24.3 Å². The summed E-state index contributed by atoms with van der Waals surface area (Å²) in [5.41, 5.74) is -8.45. The van der Waals surface area contributed by atoms with Crippen LogP contribution in [0.4, 0.5) is 13.2 Å². The van der Waals surface area contributed by atoms with E-state index in [4.69, 9.17) is 20.4 Å². The molecule has 0 bridgehead atoms. The van der Waals surface area contributed by atoms with Crippen LogP contribution in [0.5, 0.6) is 0 Å². The van der Waals surface area contributed by atoms with E-state index < -0.39 is 74.8 Å². The normalized spacial score (nSPS) is 11.0. The van der Waals surface area contributed by atoms with Crippen molar-refractivity contribution in [1.82, 2.24) is 0 Å². The van der Waals surface area contributed by atoms with E-state index in [2.05, 4.69) is 0 Å². The predicted octanol–water partition coefficient (Wildman–Crippen LogP) is 2.73. The zero-order chi connectivity index (χ0) is 23.0. The molecule has 2 aromatic carbocycles. The highest BCUT2D eigenvalue weighted by molar-refractivity contribution is 6.14. The van der Waals surface area contributed by atoms with Crippen molar-refractivity contribution in [3.63, 3.8) is 0 Å². The average molecular weight is 426 g/mol. The van der Waals surface area contributed by atoms with Crippen LogP contribution in [0.3, 0.4) is 0 Å². The summed E-state index contributed by atoms with van der Waals surface area (Å²) in [5, 5.41) is 36.2. The Balaban J connectivity index is 2.83. The topological polar surface area (TPSA) is 166 Å². The first-order valence-electron chi connectivity index (χ1n) is 7.63. The number of halogens is 3. The van der Waals surface area contributed by atoms with Gasteiger partial charge in [0.1, 0.15) is 0 Å². The van der Waals surface area contributed by atoms with Crippen molar-refractivity contribution in [2.75, 3.05) is 0 Å². The second-order valence-corrected chi connectivity index (χ2v) is 5.72. The number of hydrogen-bond acceptors (Lipinski definition) is 5. The van der Waals surface area contributed by atoms with Crippen molar-refractivity contribution < 1.29 is 57.6 Å². The molecule has 0 unspecified atom stereocenters. The molecular weight excluding hydrogens is 417 g/mol. The fraction of sp³-hybridized carbons (Fsp3) is 0.0556. The van der Waals surface area contributed by atoms with Crippen LogP contribution in [0.1, 0.15) is 62.9 Å². The Kier molecular flexibility index (Phi) is 5.63. The first-order valence-corrected chi connectivity index (χ1v) is 7.63. The van der Waals surface area contributed by atoms with Crippen molar-refractivity contribution in [1.29, 1.82) is 0 Å². The fourth-order valence-corrected chi connectivity index (χ4v) is 2.69. The van der Waals surface area contributed by atoms with Gasteiger partial charge in [-0.25, -0.2) is 19.2 Å². The van der Waals surface area contributed by atoms with Crippen LogP contribution in [0.2, 0.25) is 0 Å². The first kappa shape index (κ1) is 22.1. The van der Waals surface area contributed by atoms with Gasteiger partial charge in [-0.1, -0.05) is 6.07 Å². The van der Waals surface area contributed by atoms with Gasteiger partial charge in [-0.05, 0) is 24.3 Å². The summed E-state index contributed by atoms with van der Waals surface area (Å²) in [6.45, 7) is 0. The molecule has 0 saturated carbocycles. The molecule has 0 aliphatic heterocycles. The van der Waals surface area contributed by atoms with E-state index in [1.807, 2.05) is 0 Å². The van der Waals surface area contributed by atoms with Crippen molar-refractivity contribution in [3.05, 3.63) is 69.3 Å². The lowest BCUT2D eigenvalue weighted by Crippen LogP contribution is -2.22. The molecule has 0 heterocycles. The van der Waals surface area contributed by atoms with Gasteiger partial charge < -0.3 is 20.4 Å². The number of carboxylic acid groups (broad SMARTS) is 4.